The number of ether oxygens (including phenoxy) is 1. The fourth-order valence-electron chi connectivity index (χ4n) is 1.13. The van der Waals surface area contributed by atoms with Gasteiger partial charge in [-0.15, -0.1) is 0 Å². The Labute approximate surface area is 112 Å². The Hall–Kier alpha value is -1.89. The first-order valence-corrected chi connectivity index (χ1v) is 5.77. The molecular weight excluding hydrogens is 304 g/mol. The minimum atomic E-state index is -1.11. The van der Waals surface area contributed by atoms with E-state index in [-0.39, 0.29) is 5.56 Å². The van der Waals surface area contributed by atoms with Crippen LogP contribution in [0.1, 0.15) is 17.3 Å². The normalized spacial score (nSPS) is 11.4. The number of urea groups is 1. The highest BCUT2D eigenvalue weighted by atomic mass is 79.9. The van der Waals surface area contributed by atoms with E-state index in [2.05, 4.69) is 15.9 Å². The van der Waals surface area contributed by atoms with Gasteiger partial charge in [-0.1, -0.05) is 12.1 Å². The minimum Gasteiger partial charge on any atom is -0.449 e. The third kappa shape index (κ3) is 3.85. The predicted molar refractivity (Wildman–Crippen MR) is 66.7 cm³/mol. The number of benzene rings is 1. The number of hydrogen-bond donors (Lipinski definition) is 2. The number of nitrogens with one attached hydrogen (secondary N) is 1. The monoisotopic (exact) mass is 314 g/mol. The molecule has 0 spiro atoms. The van der Waals surface area contributed by atoms with Gasteiger partial charge in [0.05, 0.1) is 5.56 Å². The van der Waals surface area contributed by atoms with Crippen LogP contribution in [-0.2, 0) is 9.53 Å². The van der Waals surface area contributed by atoms with Gasteiger partial charge in [-0.25, -0.2) is 9.59 Å². The van der Waals surface area contributed by atoms with Crippen LogP contribution >= 0.6 is 15.9 Å². The second-order valence-corrected chi connectivity index (χ2v) is 4.24. The zero-order valence-electron chi connectivity index (χ0n) is 9.48. The zero-order valence-corrected chi connectivity index (χ0v) is 11.1. The highest BCUT2D eigenvalue weighted by molar-refractivity contribution is 9.10. The van der Waals surface area contributed by atoms with E-state index < -0.39 is 24.0 Å². The summed E-state index contributed by atoms with van der Waals surface area (Å²) in [7, 11) is 0. The molecule has 0 radical (unpaired) electrons. The third-order valence-corrected chi connectivity index (χ3v) is 2.68. The topological polar surface area (TPSA) is 98.5 Å². The van der Waals surface area contributed by atoms with E-state index in [9.17, 15) is 14.4 Å². The summed E-state index contributed by atoms with van der Waals surface area (Å²) in [5.74, 6) is -1.45. The van der Waals surface area contributed by atoms with Crippen LogP contribution in [0.3, 0.4) is 0 Å². The summed E-state index contributed by atoms with van der Waals surface area (Å²) in [5.41, 5.74) is 5.07. The van der Waals surface area contributed by atoms with Crippen LogP contribution in [0, 0.1) is 0 Å². The van der Waals surface area contributed by atoms with Crippen molar-refractivity contribution < 1.29 is 19.1 Å². The van der Waals surface area contributed by atoms with E-state index in [1.165, 1.54) is 6.92 Å². The van der Waals surface area contributed by atoms with Gasteiger partial charge in [0.2, 0.25) is 0 Å². The average Bonchev–Trinajstić information content (AvgIpc) is 2.28. The minimum absolute atomic E-state index is 0.288. The summed E-state index contributed by atoms with van der Waals surface area (Å²) in [6.07, 6.45) is -1.11. The molecule has 96 valence electrons. The van der Waals surface area contributed by atoms with Gasteiger partial charge in [-0.05, 0) is 35.0 Å². The molecule has 0 aliphatic rings. The Morgan fingerprint density at radius 1 is 1.33 bits per heavy atom. The van der Waals surface area contributed by atoms with Crippen molar-refractivity contribution in [3.8, 4) is 0 Å². The number of amides is 3. The Morgan fingerprint density at radius 3 is 2.50 bits per heavy atom. The fourth-order valence-corrected chi connectivity index (χ4v) is 1.57. The fraction of sp³-hybridized carbons (Fsp3) is 0.182. The van der Waals surface area contributed by atoms with Crippen LogP contribution in [0.2, 0.25) is 0 Å². The van der Waals surface area contributed by atoms with Crippen molar-refractivity contribution in [2.75, 3.05) is 0 Å². The first kappa shape index (κ1) is 14.2. The molecule has 6 nitrogen and oxygen atoms in total. The van der Waals surface area contributed by atoms with Crippen LogP contribution < -0.4 is 11.1 Å². The number of carbonyl (C=O) groups excluding carboxylic acids is 3. The largest absolute Gasteiger partial charge is 0.449 e. The molecule has 3 N–H and O–H groups in total. The quantitative estimate of drug-likeness (QED) is 0.819. The van der Waals surface area contributed by atoms with E-state index in [1.807, 2.05) is 5.32 Å². The maximum atomic E-state index is 11.7. The summed E-state index contributed by atoms with van der Waals surface area (Å²) < 4.78 is 5.44. The van der Waals surface area contributed by atoms with E-state index in [4.69, 9.17) is 10.5 Å². The molecule has 0 aliphatic heterocycles. The number of halogens is 1. The highest BCUT2D eigenvalue weighted by Gasteiger charge is 2.20. The number of carbonyl (C=O) groups is 3. The molecule has 1 aromatic rings. The summed E-state index contributed by atoms with van der Waals surface area (Å²) in [4.78, 5) is 33.5. The smallest absolute Gasteiger partial charge is 0.340 e. The molecule has 18 heavy (non-hydrogen) atoms. The lowest BCUT2D eigenvalue weighted by atomic mass is 10.2. The number of rotatable bonds is 3. The summed E-state index contributed by atoms with van der Waals surface area (Å²) in [6, 6.07) is 5.62. The highest BCUT2D eigenvalue weighted by Crippen LogP contribution is 2.17. The molecule has 0 bridgehead atoms. The molecule has 7 heteroatoms. The molecular formula is C11H11BrN2O4. The van der Waals surface area contributed by atoms with Gasteiger partial charge in [0.15, 0.2) is 6.10 Å². The summed E-state index contributed by atoms with van der Waals surface area (Å²) >= 11 is 3.19. The summed E-state index contributed by atoms with van der Waals surface area (Å²) in [5, 5.41) is 1.82. The second kappa shape index (κ2) is 6.15. The first-order valence-electron chi connectivity index (χ1n) is 4.97. The van der Waals surface area contributed by atoms with Crippen molar-refractivity contribution >= 4 is 33.8 Å². The second-order valence-electron chi connectivity index (χ2n) is 3.38. The molecule has 0 aliphatic carbocycles. The SMILES string of the molecule is C[C@@H](OC(=O)c1ccccc1Br)C(=O)NC(N)=O. The van der Waals surface area contributed by atoms with Crippen LogP contribution in [0.25, 0.3) is 0 Å². The van der Waals surface area contributed by atoms with Gasteiger partial charge >= 0.3 is 12.0 Å². The molecule has 0 saturated heterocycles. The van der Waals surface area contributed by atoms with Crippen LogP contribution in [-0.4, -0.2) is 24.0 Å². The number of esters is 1. The summed E-state index contributed by atoms with van der Waals surface area (Å²) in [6.45, 7) is 1.34. The van der Waals surface area contributed by atoms with E-state index in [0.29, 0.717) is 4.47 Å². The van der Waals surface area contributed by atoms with E-state index in [1.54, 1.807) is 24.3 Å². The maximum absolute atomic E-state index is 11.7. The van der Waals surface area contributed by atoms with Gasteiger partial charge in [0.25, 0.3) is 5.91 Å². The van der Waals surface area contributed by atoms with Gasteiger partial charge in [0.1, 0.15) is 0 Å². The van der Waals surface area contributed by atoms with Crippen molar-refractivity contribution in [3.05, 3.63) is 34.3 Å². The zero-order chi connectivity index (χ0) is 13.7. The van der Waals surface area contributed by atoms with Gasteiger partial charge in [0, 0.05) is 4.47 Å². The Morgan fingerprint density at radius 2 is 1.94 bits per heavy atom. The lowest BCUT2D eigenvalue weighted by Crippen LogP contribution is -2.42. The Balaban J connectivity index is 2.68. The van der Waals surface area contributed by atoms with Crippen molar-refractivity contribution in [1.29, 1.82) is 0 Å². The van der Waals surface area contributed by atoms with Crippen molar-refractivity contribution in [3.63, 3.8) is 0 Å². The molecule has 0 saturated carbocycles. The standard InChI is InChI=1S/C11H11BrN2O4/c1-6(9(15)14-11(13)17)18-10(16)7-4-2-3-5-8(7)12/h2-6H,1H3,(H3,13,14,15,17)/t6-/m1/s1. The molecule has 1 aromatic carbocycles. The van der Waals surface area contributed by atoms with Gasteiger partial charge in [-0.2, -0.15) is 0 Å². The van der Waals surface area contributed by atoms with Crippen molar-refractivity contribution in [2.24, 2.45) is 5.73 Å². The molecule has 0 heterocycles. The lowest BCUT2D eigenvalue weighted by molar-refractivity contribution is -0.127. The Bertz CT molecular complexity index is 490. The van der Waals surface area contributed by atoms with Crippen molar-refractivity contribution in [2.45, 2.75) is 13.0 Å². The third-order valence-electron chi connectivity index (χ3n) is 1.99. The predicted octanol–water partition coefficient (Wildman–Crippen LogP) is 1.19. The molecule has 0 fully saturated rings. The molecule has 1 atom stereocenters. The van der Waals surface area contributed by atoms with Gasteiger partial charge in [-0.3, -0.25) is 10.1 Å². The average molecular weight is 315 g/mol. The van der Waals surface area contributed by atoms with Crippen LogP contribution in [0.5, 0.6) is 0 Å². The molecule has 0 aromatic heterocycles. The van der Waals surface area contributed by atoms with Crippen LogP contribution in [0.4, 0.5) is 4.79 Å². The number of primary amides is 1. The number of nitrogens with two attached hydrogens (primary N) is 1. The van der Waals surface area contributed by atoms with Gasteiger partial charge < -0.3 is 10.5 Å². The Kier molecular flexibility index (Phi) is 4.85. The van der Waals surface area contributed by atoms with Crippen LogP contribution in [0.15, 0.2) is 28.7 Å². The van der Waals surface area contributed by atoms with Crippen molar-refractivity contribution in [1.82, 2.24) is 5.32 Å². The number of imide groups is 1. The molecule has 0 unspecified atom stereocenters. The maximum Gasteiger partial charge on any atom is 0.340 e. The molecule has 1 rings (SSSR count). The molecule has 3 amide bonds. The lowest BCUT2D eigenvalue weighted by Gasteiger charge is -2.12. The van der Waals surface area contributed by atoms with E-state index >= 15 is 0 Å². The number of hydrogen-bond acceptors (Lipinski definition) is 4. The van der Waals surface area contributed by atoms with E-state index in [0.717, 1.165) is 0 Å². The first-order chi connectivity index (χ1) is 8.41.